The Hall–Kier alpha value is -2.21. The summed E-state index contributed by atoms with van der Waals surface area (Å²) in [6.07, 6.45) is 1.02. The van der Waals surface area contributed by atoms with Crippen LogP contribution in [0.5, 0.6) is 11.5 Å². The molecule has 0 bridgehead atoms. The Balaban J connectivity index is 1.81. The first-order chi connectivity index (χ1) is 11.0. The van der Waals surface area contributed by atoms with Crippen molar-refractivity contribution >= 4 is 15.7 Å². The zero-order valence-electron chi connectivity index (χ0n) is 13.1. The first-order valence-electron chi connectivity index (χ1n) is 7.52. The predicted octanol–water partition coefficient (Wildman–Crippen LogP) is 3.73. The molecule has 23 heavy (non-hydrogen) atoms. The standard InChI is InChI=1S/C17H19NO4S/c1-3-12(2)13-4-7-15(8-5-13)23(19,20)18-14-6-9-16-17(10-14)22-11-21-16/h4-10,12,18H,3,11H2,1-2H3. The molecule has 0 radical (unpaired) electrons. The minimum absolute atomic E-state index is 0.155. The van der Waals surface area contributed by atoms with E-state index in [4.69, 9.17) is 9.47 Å². The van der Waals surface area contributed by atoms with Gasteiger partial charge in [-0.3, -0.25) is 4.72 Å². The van der Waals surface area contributed by atoms with Crippen LogP contribution in [-0.2, 0) is 10.0 Å². The van der Waals surface area contributed by atoms with Crippen molar-refractivity contribution in [2.45, 2.75) is 31.1 Å². The average molecular weight is 333 g/mol. The van der Waals surface area contributed by atoms with Gasteiger partial charge in [-0.2, -0.15) is 0 Å². The Kier molecular flexibility index (Phi) is 4.17. The molecule has 0 fully saturated rings. The molecule has 1 aliphatic heterocycles. The third-order valence-electron chi connectivity index (χ3n) is 4.00. The summed E-state index contributed by atoms with van der Waals surface area (Å²) in [5.41, 5.74) is 1.58. The second kappa shape index (κ2) is 6.12. The Labute approximate surface area is 136 Å². The van der Waals surface area contributed by atoms with E-state index in [9.17, 15) is 8.42 Å². The number of benzene rings is 2. The molecule has 6 heteroatoms. The van der Waals surface area contributed by atoms with Crippen LogP contribution < -0.4 is 14.2 Å². The smallest absolute Gasteiger partial charge is 0.261 e. The number of anilines is 1. The van der Waals surface area contributed by atoms with Gasteiger partial charge >= 0.3 is 0 Å². The summed E-state index contributed by atoms with van der Waals surface area (Å²) in [5.74, 6) is 1.57. The molecule has 0 saturated carbocycles. The lowest BCUT2D eigenvalue weighted by atomic mass is 9.99. The Bertz CT molecular complexity index is 800. The molecule has 0 aromatic heterocycles. The van der Waals surface area contributed by atoms with Crippen molar-refractivity contribution in [2.24, 2.45) is 0 Å². The number of fused-ring (bicyclic) bond motifs is 1. The third kappa shape index (κ3) is 3.27. The van der Waals surface area contributed by atoms with Crippen molar-refractivity contribution in [1.82, 2.24) is 0 Å². The quantitative estimate of drug-likeness (QED) is 0.905. The van der Waals surface area contributed by atoms with Crippen molar-refractivity contribution in [3.63, 3.8) is 0 Å². The SMILES string of the molecule is CCC(C)c1ccc(S(=O)(=O)Nc2ccc3c(c2)OCO3)cc1. The van der Waals surface area contributed by atoms with Gasteiger partial charge in [-0.15, -0.1) is 0 Å². The number of nitrogens with one attached hydrogen (secondary N) is 1. The summed E-state index contributed by atoms with van der Waals surface area (Å²) in [4.78, 5) is 0.238. The molecule has 1 unspecified atom stereocenters. The van der Waals surface area contributed by atoms with E-state index in [-0.39, 0.29) is 11.7 Å². The van der Waals surface area contributed by atoms with E-state index < -0.39 is 10.0 Å². The van der Waals surface area contributed by atoms with Gasteiger partial charge in [0.05, 0.1) is 10.6 Å². The number of sulfonamides is 1. The summed E-state index contributed by atoms with van der Waals surface area (Å²) in [6.45, 7) is 4.38. The lowest BCUT2D eigenvalue weighted by Crippen LogP contribution is -2.13. The zero-order valence-corrected chi connectivity index (χ0v) is 13.9. The van der Waals surface area contributed by atoms with E-state index in [0.717, 1.165) is 12.0 Å². The molecule has 1 heterocycles. The first kappa shape index (κ1) is 15.7. The van der Waals surface area contributed by atoms with Gasteiger partial charge in [0.2, 0.25) is 6.79 Å². The van der Waals surface area contributed by atoms with Gasteiger partial charge in [-0.25, -0.2) is 8.42 Å². The lowest BCUT2D eigenvalue weighted by molar-refractivity contribution is 0.174. The fraction of sp³-hybridized carbons (Fsp3) is 0.294. The Morgan fingerprint density at radius 3 is 2.48 bits per heavy atom. The van der Waals surface area contributed by atoms with Gasteiger partial charge in [0.25, 0.3) is 10.0 Å². The van der Waals surface area contributed by atoms with Gasteiger partial charge in [0, 0.05) is 6.07 Å². The summed E-state index contributed by atoms with van der Waals surface area (Å²) < 4.78 is 38.0. The van der Waals surface area contributed by atoms with Crippen molar-refractivity contribution in [1.29, 1.82) is 0 Å². The molecule has 1 N–H and O–H groups in total. The van der Waals surface area contributed by atoms with Crippen LogP contribution in [0.1, 0.15) is 31.7 Å². The monoisotopic (exact) mass is 333 g/mol. The Morgan fingerprint density at radius 1 is 1.09 bits per heavy atom. The van der Waals surface area contributed by atoms with Crippen LogP contribution in [-0.4, -0.2) is 15.2 Å². The minimum Gasteiger partial charge on any atom is -0.454 e. The third-order valence-corrected chi connectivity index (χ3v) is 5.39. The van der Waals surface area contributed by atoms with Gasteiger partial charge in [-0.1, -0.05) is 26.0 Å². The second-order valence-corrected chi connectivity index (χ2v) is 7.23. The maximum Gasteiger partial charge on any atom is 0.261 e. The number of hydrogen-bond donors (Lipinski definition) is 1. The van der Waals surface area contributed by atoms with E-state index in [1.807, 2.05) is 12.1 Å². The number of rotatable bonds is 5. The lowest BCUT2D eigenvalue weighted by Gasteiger charge is -2.11. The van der Waals surface area contributed by atoms with Crippen LogP contribution in [0, 0.1) is 0 Å². The normalized spacial score (nSPS) is 14.5. The van der Waals surface area contributed by atoms with Crippen LogP contribution in [0.4, 0.5) is 5.69 Å². The van der Waals surface area contributed by atoms with E-state index in [2.05, 4.69) is 18.6 Å². The molecule has 2 aromatic rings. The van der Waals surface area contributed by atoms with Crippen LogP contribution in [0.15, 0.2) is 47.4 Å². The maximum atomic E-state index is 12.5. The fourth-order valence-electron chi connectivity index (χ4n) is 2.39. The molecule has 0 amide bonds. The van der Waals surface area contributed by atoms with Gasteiger partial charge in [-0.05, 0) is 42.2 Å². The van der Waals surface area contributed by atoms with E-state index >= 15 is 0 Å². The van der Waals surface area contributed by atoms with Gasteiger partial charge in [0.1, 0.15) is 0 Å². The molecule has 1 atom stereocenters. The highest BCUT2D eigenvalue weighted by atomic mass is 32.2. The molecule has 5 nitrogen and oxygen atoms in total. The summed E-state index contributed by atoms with van der Waals surface area (Å²) in [5, 5.41) is 0. The number of ether oxygens (including phenoxy) is 2. The highest BCUT2D eigenvalue weighted by Crippen LogP contribution is 2.34. The molecular weight excluding hydrogens is 314 g/mol. The van der Waals surface area contributed by atoms with Crippen molar-refractivity contribution in [3.05, 3.63) is 48.0 Å². The maximum absolute atomic E-state index is 12.5. The molecular formula is C17H19NO4S. The minimum atomic E-state index is -3.63. The average Bonchev–Trinajstić information content (AvgIpc) is 3.01. The number of hydrogen-bond acceptors (Lipinski definition) is 4. The zero-order chi connectivity index (χ0) is 16.4. The van der Waals surface area contributed by atoms with Gasteiger partial charge < -0.3 is 9.47 Å². The highest BCUT2D eigenvalue weighted by Gasteiger charge is 2.18. The fourth-order valence-corrected chi connectivity index (χ4v) is 3.43. The van der Waals surface area contributed by atoms with Crippen molar-refractivity contribution in [3.8, 4) is 11.5 Å². The predicted molar refractivity (Wildman–Crippen MR) is 88.5 cm³/mol. The molecule has 3 rings (SSSR count). The van der Waals surface area contributed by atoms with Crippen molar-refractivity contribution < 1.29 is 17.9 Å². The van der Waals surface area contributed by atoms with Crippen LogP contribution in [0.2, 0.25) is 0 Å². The largest absolute Gasteiger partial charge is 0.454 e. The first-order valence-corrected chi connectivity index (χ1v) is 9.00. The summed E-state index contributed by atoms with van der Waals surface area (Å²) in [6, 6.07) is 12.0. The van der Waals surface area contributed by atoms with Crippen LogP contribution >= 0.6 is 0 Å². The summed E-state index contributed by atoms with van der Waals surface area (Å²) >= 11 is 0. The Morgan fingerprint density at radius 2 is 1.78 bits per heavy atom. The second-order valence-electron chi connectivity index (χ2n) is 5.55. The molecule has 0 aliphatic carbocycles. The van der Waals surface area contributed by atoms with Gasteiger partial charge in [0.15, 0.2) is 11.5 Å². The molecule has 122 valence electrons. The highest BCUT2D eigenvalue weighted by molar-refractivity contribution is 7.92. The van der Waals surface area contributed by atoms with Crippen LogP contribution in [0.25, 0.3) is 0 Å². The molecule has 2 aromatic carbocycles. The van der Waals surface area contributed by atoms with Crippen LogP contribution in [0.3, 0.4) is 0 Å². The van der Waals surface area contributed by atoms with E-state index in [1.165, 1.54) is 0 Å². The molecule has 0 saturated heterocycles. The van der Waals surface area contributed by atoms with E-state index in [1.54, 1.807) is 30.3 Å². The summed E-state index contributed by atoms with van der Waals surface area (Å²) in [7, 11) is -3.63. The molecule has 1 aliphatic rings. The van der Waals surface area contributed by atoms with Crippen molar-refractivity contribution in [2.75, 3.05) is 11.5 Å². The molecule has 0 spiro atoms. The topological polar surface area (TPSA) is 64.6 Å². The van der Waals surface area contributed by atoms with E-state index in [0.29, 0.717) is 23.1 Å².